The predicted molar refractivity (Wildman–Crippen MR) is 99.5 cm³/mol. The monoisotopic (exact) mass is 388 g/mol. The first-order chi connectivity index (χ1) is 12.8. The van der Waals surface area contributed by atoms with Crippen LogP contribution in [0.1, 0.15) is 88.2 Å². The van der Waals surface area contributed by atoms with Crippen LogP contribution in [-0.4, -0.2) is 6.18 Å². The zero-order valence-electron chi connectivity index (χ0n) is 15.9. The fraction of sp³-hybridized carbons (Fsp3) is 0.636. The molecule has 0 saturated heterocycles. The minimum Gasteiger partial charge on any atom is -0.206 e. The van der Waals surface area contributed by atoms with Gasteiger partial charge in [-0.15, -0.1) is 0 Å². The zero-order valence-corrected chi connectivity index (χ0v) is 15.9. The Labute approximate surface area is 158 Å². The van der Waals surface area contributed by atoms with E-state index in [1.54, 1.807) is 0 Å². The van der Waals surface area contributed by atoms with E-state index in [1.807, 2.05) is 0 Å². The van der Waals surface area contributed by atoms with Crippen LogP contribution in [-0.2, 0) is 0 Å². The fourth-order valence-electron chi connectivity index (χ4n) is 4.00. The van der Waals surface area contributed by atoms with Crippen molar-refractivity contribution in [3.8, 4) is 0 Å². The van der Waals surface area contributed by atoms with Crippen LogP contribution in [0.15, 0.2) is 18.2 Å². The lowest BCUT2D eigenvalue weighted by atomic mass is 9.77. The Balaban J connectivity index is 1.90. The van der Waals surface area contributed by atoms with Crippen LogP contribution in [0.25, 0.3) is 6.08 Å². The molecule has 0 nitrogen and oxygen atoms in total. The van der Waals surface area contributed by atoms with E-state index in [0.29, 0.717) is 17.6 Å². The molecule has 0 spiro atoms. The average Bonchev–Trinajstić information content (AvgIpc) is 2.60. The summed E-state index contributed by atoms with van der Waals surface area (Å²) in [6, 6.07) is 2.41. The van der Waals surface area contributed by atoms with E-state index in [4.69, 9.17) is 0 Å². The number of hydrogen-bond donors (Lipinski definition) is 0. The summed E-state index contributed by atoms with van der Waals surface area (Å²) in [5.74, 6) is -1.08. The number of alkyl halides is 3. The first-order valence-corrected chi connectivity index (χ1v) is 10.0. The molecular formula is C22H29F5. The zero-order chi connectivity index (χ0) is 19.9. The number of halogens is 5. The van der Waals surface area contributed by atoms with Gasteiger partial charge in [0.25, 0.3) is 0 Å². The molecule has 0 aliphatic heterocycles. The number of benzene rings is 1. The highest BCUT2D eigenvalue weighted by Crippen LogP contribution is 2.38. The molecule has 0 unspecified atom stereocenters. The highest BCUT2D eigenvalue weighted by atomic mass is 19.4. The topological polar surface area (TPSA) is 0 Å². The number of hydrogen-bond acceptors (Lipinski definition) is 0. The summed E-state index contributed by atoms with van der Waals surface area (Å²) in [7, 11) is 0. The normalized spacial score (nSPS) is 21.1. The van der Waals surface area contributed by atoms with Gasteiger partial charge < -0.3 is 0 Å². The molecule has 1 aliphatic rings. The molecular weight excluding hydrogens is 359 g/mol. The maximum absolute atomic E-state index is 14.1. The van der Waals surface area contributed by atoms with Gasteiger partial charge in [-0.25, -0.2) is 8.78 Å². The van der Waals surface area contributed by atoms with Crippen molar-refractivity contribution < 1.29 is 22.0 Å². The van der Waals surface area contributed by atoms with Crippen LogP contribution in [0.4, 0.5) is 22.0 Å². The number of unbranched alkanes of at least 4 members (excludes halogenated alkanes) is 4. The van der Waals surface area contributed by atoms with Gasteiger partial charge in [-0.2, -0.15) is 13.2 Å². The Kier molecular flexibility index (Phi) is 8.30. The van der Waals surface area contributed by atoms with Crippen molar-refractivity contribution in [1.82, 2.24) is 0 Å². The van der Waals surface area contributed by atoms with Gasteiger partial charge in [-0.3, -0.25) is 0 Å². The van der Waals surface area contributed by atoms with Crippen molar-refractivity contribution >= 4 is 6.08 Å². The van der Waals surface area contributed by atoms with Crippen LogP contribution in [0.2, 0.25) is 0 Å². The second-order valence-electron chi connectivity index (χ2n) is 7.69. The fourth-order valence-corrected chi connectivity index (χ4v) is 4.00. The molecule has 0 aromatic heterocycles. The quantitative estimate of drug-likeness (QED) is 0.311. The van der Waals surface area contributed by atoms with Crippen LogP contribution < -0.4 is 0 Å². The Bertz CT molecular complexity index is 587. The van der Waals surface area contributed by atoms with Gasteiger partial charge in [0.2, 0.25) is 0 Å². The lowest BCUT2D eigenvalue weighted by molar-refractivity contribution is -0.0790. The summed E-state index contributed by atoms with van der Waals surface area (Å²) in [6.45, 7) is 2.20. The molecule has 0 radical (unpaired) electrons. The van der Waals surface area contributed by atoms with Gasteiger partial charge in [-0.05, 0) is 61.3 Å². The van der Waals surface area contributed by atoms with Gasteiger partial charge in [0.05, 0.1) is 0 Å². The Morgan fingerprint density at radius 3 is 2.07 bits per heavy atom. The van der Waals surface area contributed by atoms with Crippen LogP contribution in [0.5, 0.6) is 0 Å². The van der Waals surface area contributed by atoms with E-state index in [-0.39, 0.29) is 12.0 Å². The number of allylic oxidation sites excluding steroid dienone is 1. The Morgan fingerprint density at radius 2 is 1.52 bits per heavy atom. The second kappa shape index (κ2) is 10.2. The van der Waals surface area contributed by atoms with E-state index in [0.717, 1.165) is 25.7 Å². The lowest BCUT2D eigenvalue weighted by Crippen LogP contribution is -2.14. The summed E-state index contributed by atoms with van der Waals surface area (Å²) in [5.41, 5.74) is -0.0626. The summed E-state index contributed by atoms with van der Waals surface area (Å²) in [6.07, 6.45) is 7.17. The Hall–Kier alpha value is -1.39. The highest BCUT2D eigenvalue weighted by molar-refractivity contribution is 5.52. The van der Waals surface area contributed by atoms with E-state index in [9.17, 15) is 22.0 Å². The molecule has 152 valence electrons. The van der Waals surface area contributed by atoms with Gasteiger partial charge in [0.1, 0.15) is 11.6 Å². The number of rotatable bonds is 8. The van der Waals surface area contributed by atoms with E-state index >= 15 is 0 Å². The van der Waals surface area contributed by atoms with Gasteiger partial charge in [0, 0.05) is 11.6 Å². The molecule has 0 N–H and O–H groups in total. The lowest BCUT2D eigenvalue weighted by Gasteiger charge is -2.29. The van der Waals surface area contributed by atoms with E-state index in [1.165, 1.54) is 50.7 Å². The maximum Gasteiger partial charge on any atom is 0.409 e. The van der Waals surface area contributed by atoms with Crippen LogP contribution >= 0.6 is 0 Å². The average molecular weight is 388 g/mol. The molecule has 1 aromatic carbocycles. The third kappa shape index (κ3) is 7.27. The molecule has 0 amide bonds. The standard InChI is InChI=1S/C22H29F5/c1-2-3-4-5-6-7-16-8-10-17(11-9-16)18-14-20(23)19(21(24)15-18)12-13-22(25,26)27/h12-17H,2-11H2,1H3/b13-12+. The van der Waals surface area contributed by atoms with Crippen molar-refractivity contribution in [2.45, 2.75) is 83.2 Å². The molecule has 5 heteroatoms. The maximum atomic E-state index is 14.1. The summed E-state index contributed by atoms with van der Waals surface area (Å²) in [4.78, 5) is 0. The SMILES string of the molecule is CCCCCCCC1CCC(c2cc(F)c(/C=C/C(F)(F)F)c(F)c2)CC1. The minimum atomic E-state index is -4.59. The summed E-state index contributed by atoms with van der Waals surface area (Å²) < 4.78 is 64.9. The largest absolute Gasteiger partial charge is 0.409 e. The molecule has 0 bridgehead atoms. The Morgan fingerprint density at radius 1 is 0.926 bits per heavy atom. The van der Waals surface area contributed by atoms with Crippen LogP contribution in [0.3, 0.4) is 0 Å². The third-order valence-corrected chi connectivity index (χ3v) is 5.57. The van der Waals surface area contributed by atoms with Gasteiger partial charge >= 0.3 is 6.18 Å². The molecule has 1 saturated carbocycles. The first-order valence-electron chi connectivity index (χ1n) is 10.0. The molecule has 0 atom stereocenters. The first kappa shape index (κ1) is 21.9. The van der Waals surface area contributed by atoms with Crippen molar-refractivity contribution in [3.63, 3.8) is 0 Å². The predicted octanol–water partition coefficient (Wildman–Crippen LogP) is 8.17. The molecule has 0 heterocycles. The third-order valence-electron chi connectivity index (χ3n) is 5.57. The van der Waals surface area contributed by atoms with Gasteiger partial charge in [0.15, 0.2) is 0 Å². The van der Waals surface area contributed by atoms with Crippen molar-refractivity contribution in [1.29, 1.82) is 0 Å². The molecule has 1 aromatic rings. The molecule has 1 fully saturated rings. The second-order valence-corrected chi connectivity index (χ2v) is 7.69. The van der Waals surface area contributed by atoms with Crippen molar-refractivity contribution in [2.24, 2.45) is 5.92 Å². The molecule has 1 aliphatic carbocycles. The van der Waals surface area contributed by atoms with Crippen molar-refractivity contribution in [3.05, 3.63) is 41.0 Å². The van der Waals surface area contributed by atoms with Crippen LogP contribution in [0, 0.1) is 17.6 Å². The van der Waals surface area contributed by atoms with Crippen molar-refractivity contribution in [2.75, 3.05) is 0 Å². The molecule has 2 rings (SSSR count). The molecule has 27 heavy (non-hydrogen) atoms. The smallest absolute Gasteiger partial charge is 0.206 e. The van der Waals surface area contributed by atoms with Gasteiger partial charge in [-0.1, -0.05) is 45.4 Å². The van der Waals surface area contributed by atoms with E-state index in [2.05, 4.69) is 6.92 Å². The van der Waals surface area contributed by atoms with E-state index < -0.39 is 23.4 Å². The minimum absolute atomic E-state index is 0.0889. The summed E-state index contributed by atoms with van der Waals surface area (Å²) >= 11 is 0. The summed E-state index contributed by atoms with van der Waals surface area (Å²) in [5, 5.41) is 0. The highest BCUT2D eigenvalue weighted by Gasteiger charge is 2.25.